The summed E-state index contributed by atoms with van der Waals surface area (Å²) in [7, 11) is 0. The standard InChI is InChI=1S/C21H33N3O2/c1-3-5-14-24(15-6-4-2)21(26)20(25)22-18-10-12-19(13-11-18)23-16-8-7-9-17-23/h10-13H,3-9,14-17H2,1-2H3,(H,22,25). The van der Waals surface area contributed by atoms with Gasteiger partial charge in [0, 0.05) is 37.6 Å². The number of anilines is 2. The van der Waals surface area contributed by atoms with Crippen LogP contribution in [0.1, 0.15) is 58.8 Å². The average Bonchev–Trinajstić information content (AvgIpc) is 2.69. The van der Waals surface area contributed by atoms with Gasteiger partial charge < -0.3 is 15.1 Å². The van der Waals surface area contributed by atoms with Gasteiger partial charge in [0.05, 0.1) is 0 Å². The maximum atomic E-state index is 12.5. The highest BCUT2D eigenvalue weighted by Gasteiger charge is 2.21. The zero-order chi connectivity index (χ0) is 18.8. The number of hydrogen-bond acceptors (Lipinski definition) is 3. The van der Waals surface area contributed by atoms with Crippen LogP contribution in [0.2, 0.25) is 0 Å². The van der Waals surface area contributed by atoms with Gasteiger partial charge in [0.2, 0.25) is 0 Å². The monoisotopic (exact) mass is 359 g/mol. The Labute approximate surface area is 157 Å². The van der Waals surface area contributed by atoms with Crippen LogP contribution < -0.4 is 10.2 Å². The first-order valence-corrected chi connectivity index (χ1v) is 10.1. The van der Waals surface area contributed by atoms with Crippen LogP contribution in [0.3, 0.4) is 0 Å². The maximum Gasteiger partial charge on any atom is 0.313 e. The summed E-state index contributed by atoms with van der Waals surface area (Å²) in [5, 5.41) is 2.76. The number of carbonyl (C=O) groups is 2. The number of nitrogens with one attached hydrogen (secondary N) is 1. The number of amides is 2. The molecule has 26 heavy (non-hydrogen) atoms. The zero-order valence-corrected chi connectivity index (χ0v) is 16.3. The minimum Gasteiger partial charge on any atom is -0.372 e. The summed E-state index contributed by atoms with van der Waals surface area (Å²) in [6, 6.07) is 7.82. The second-order valence-corrected chi connectivity index (χ2v) is 7.05. The van der Waals surface area contributed by atoms with Crippen LogP contribution in [0.25, 0.3) is 0 Å². The normalized spacial score (nSPS) is 14.2. The Bertz CT molecular complexity index is 557. The van der Waals surface area contributed by atoms with Crippen molar-refractivity contribution in [2.45, 2.75) is 58.8 Å². The average molecular weight is 360 g/mol. The van der Waals surface area contributed by atoms with Gasteiger partial charge in [-0.15, -0.1) is 0 Å². The summed E-state index contributed by atoms with van der Waals surface area (Å²) in [5.41, 5.74) is 1.86. The van der Waals surface area contributed by atoms with E-state index in [1.54, 1.807) is 4.90 Å². The van der Waals surface area contributed by atoms with Crippen molar-refractivity contribution in [2.24, 2.45) is 0 Å². The molecule has 0 atom stereocenters. The molecule has 0 radical (unpaired) electrons. The molecule has 1 fully saturated rings. The van der Waals surface area contributed by atoms with E-state index in [2.05, 4.69) is 24.1 Å². The first-order chi connectivity index (χ1) is 12.7. The lowest BCUT2D eigenvalue weighted by molar-refractivity contribution is -0.143. The smallest absolute Gasteiger partial charge is 0.313 e. The quantitative estimate of drug-likeness (QED) is 0.713. The van der Waals surface area contributed by atoms with Crippen molar-refractivity contribution in [1.82, 2.24) is 4.90 Å². The maximum absolute atomic E-state index is 12.5. The lowest BCUT2D eigenvalue weighted by Crippen LogP contribution is -2.40. The van der Waals surface area contributed by atoms with E-state index in [-0.39, 0.29) is 0 Å². The van der Waals surface area contributed by atoms with Crippen molar-refractivity contribution in [1.29, 1.82) is 0 Å². The molecule has 1 aromatic rings. The van der Waals surface area contributed by atoms with Gasteiger partial charge in [-0.3, -0.25) is 9.59 Å². The highest BCUT2D eigenvalue weighted by molar-refractivity contribution is 6.39. The number of nitrogens with zero attached hydrogens (tertiary/aromatic N) is 2. The molecule has 1 N–H and O–H groups in total. The Morgan fingerprint density at radius 3 is 2.08 bits per heavy atom. The van der Waals surface area contributed by atoms with Gasteiger partial charge in [0.25, 0.3) is 0 Å². The number of unbranched alkanes of at least 4 members (excludes halogenated alkanes) is 2. The molecule has 0 bridgehead atoms. The molecule has 1 aromatic carbocycles. The zero-order valence-electron chi connectivity index (χ0n) is 16.3. The summed E-state index contributed by atoms with van der Waals surface area (Å²) in [4.78, 5) is 28.9. The Morgan fingerprint density at radius 1 is 0.962 bits per heavy atom. The summed E-state index contributed by atoms with van der Waals surface area (Å²) < 4.78 is 0. The van der Waals surface area contributed by atoms with E-state index in [0.29, 0.717) is 18.8 Å². The van der Waals surface area contributed by atoms with E-state index in [9.17, 15) is 9.59 Å². The lowest BCUT2D eigenvalue weighted by atomic mass is 10.1. The van der Waals surface area contributed by atoms with Crippen molar-refractivity contribution in [3.63, 3.8) is 0 Å². The first-order valence-electron chi connectivity index (χ1n) is 10.1. The minimum atomic E-state index is -0.539. The molecular formula is C21H33N3O2. The van der Waals surface area contributed by atoms with Gasteiger partial charge in [-0.25, -0.2) is 0 Å². The minimum absolute atomic E-state index is 0.424. The molecule has 0 saturated carbocycles. The molecule has 1 aliphatic rings. The third-order valence-electron chi connectivity index (χ3n) is 4.89. The van der Waals surface area contributed by atoms with Crippen LogP contribution in [0.15, 0.2) is 24.3 Å². The van der Waals surface area contributed by atoms with Crippen molar-refractivity contribution < 1.29 is 9.59 Å². The van der Waals surface area contributed by atoms with Gasteiger partial charge in [0.1, 0.15) is 0 Å². The number of rotatable bonds is 8. The third kappa shape index (κ3) is 6.04. The summed E-state index contributed by atoms with van der Waals surface area (Å²) in [6.45, 7) is 7.66. The molecule has 5 heteroatoms. The number of benzene rings is 1. The van der Waals surface area contributed by atoms with Crippen LogP contribution in [0.4, 0.5) is 11.4 Å². The van der Waals surface area contributed by atoms with E-state index in [0.717, 1.165) is 38.8 Å². The van der Waals surface area contributed by atoms with E-state index in [1.807, 2.05) is 24.3 Å². The van der Waals surface area contributed by atoms with Gasteiger partial charge in [0.15, 0.2) is 0 Å². The highest BCUT2D eigenvalue weighted by atomic mass is 16.2. The SMILES string of the molecule is CCCCN(CCCC)C(=O)C(=O)Nc1ccc(N2CCCCC2)cc1. The van der Waals surface area contributed by atoms with Crippen LogP contribution in [-0.2, 0) is 9.59 Å². The van der Waals surface area contributed by atoms with Crippen LogP contribution in [0.5, 0.6) is 0 Å². The highest BCUT2D eigenvalue weighted by Crippen LogP contribution is 2.21. The molecule has 0 aromatic heterocycles. The molecule has 1 saturated heterocycles. The Hall–Kier alpha value is -2.04. The Kier molecular flexibility index (Phi) is 8.45. The van der Waals surface area contributed by atoms with Crippen molar-refractivity contribution in [3.8, 4) is 0 Å². The predicted molar refractivity (Wildman–Crippen MR) is 108 cm³/mol. The molecule has 5 nitrogen and oxygen atoms in total. The largest absolute Gasteiger partial charge is 0.372 e. The van der Waals surface area contributed by atoms with E-state index < -0.39 is 11.8 Å². The lowest BCUT2D eigenvalue weighted by Gasteiger charge is -2.28. The molecule has 1 heterocycles. The Balaban J connectivity index is 1.92. The fourth-order valence-corrected chi connectivity index (χ4v) is 3.25. The fourth-order valence-electron chi connectivity index (χ4n) is 3.25. The number of hydrogen-bond donors (Lipinski definition) is 1. The van der Waals surface area contributed by atoms with Crippen LogP contribution in [-0.4, -0.2) is 42.9 Å². The molecule has 2 rings (SSSR count). The van der Waals surface area contributed by atoms with E-state index in [4.69, 9.17) is 0 Å². The van der Waals surface area contributed by atoms with Gasteiger partial charge in [-0.05, 0) is 56.4 Å². The summed E-state index contributed by atoms with van der Waals surface area (Å²) in [6.07, 6.45) is 7.64. The van der Waals surface area contributed by atoms with Gasteiger partial charge in [-0.1, -0.05) is 26.7 Å². The van der Waals surface area contributed by atoms with E-state index in [1.165, 1.54) is 24.9 Å². The van der Waals surface area contributed by atoms with Crippen LogP contribution in [0, 0.1) is 0 Å². The van der Waals surface area contributed by atoms with Crippen molar-refractivity contribution >= 4 is 23.2 Å². The van der Waals surface area contributed by atoms with Crippen LogP contribution >= 0.6 is 0 Å². The summed E-state index contributed by atoms with van der Waals surface area (Å²) >= 11 is 0. The van der Waals surface area contributed by atoms with Gasteiger partial charge >= 0.3 is 11.8 Å². The second kappa shape index (κ2) is 10.8. The molecular weight excluding hydrogens is 326 g/mol. The molecule has 0 aliphatic carbocycles. The van der Waals surface area contributed by atoms with E-state index >= 15 is 0 Å². The predicted octanol–water partition coefficient (Wildman–Crippen LogP) is 4.04. The molecule has 144 valence electrons. The second-order valence-electron chi connectivity index (χ2n) is 7.05. The fraction of sp³-hybridized carbons (Fsp3) is 0.619. The first kappa shape index (κ1) is 20.3. The van der Waals surface area contributed by atoms with Crippen molar-refractivity contribution in [3.05, 3.63) is 24.3 Å². The summed E-state index contributed by atoms with van der Waals surface area (Å²) in [5.74, 6) is -0.963. The molecule has 1 aliphatic heterocycles. The third-order valence-corrected chi connectivity index (χ3v) is 4.89. The Morgan fingerprint density at radius 2 is 1.54 bits per heavy atom. The number of piperidine rings is 1. The molecule has 2 amide bonds. The molecule has 0 spiro atoms. The number of carbonyl (C=O) groups excluding carboxylic acids is 2. The topological polar surface area (TPSA) is 52.7 Å². The molecule has 0 unspecified atom stereocenters. The van der Waals surface area contributed by atoms with Crippen molar-refractivity contribution in [2.75, 3.05) is 36.4 Å². The van der Waals surface area contributed by atoms with Gasteiger partial charge in [-0.2, -0.15) is 0 Å².